The standard InChI is InChI=1S/C14H11ClN4O2/c15-10-4-2-1-3-9(10)11-5-6-12(21-11)14(20)16-7-13-17-8-18-19-13/h1-6,8H,7H2,(H,16,20)(H,17,18,19). The van der Waals surface area contributed by atoms with Crippen LogP contribution in [0.2, 0.25) is 5.02 Å². The van der Waals surface area contributed by atoms with E-state index in [4.69, 9.17) is 16.0 Å². The number of hydrogen-bond acceptors (Lipinski definition) is 4. The second-order valence-corrected chi connectivity index (χ2v) is 4.67. The van der Waals surface area contributed by atoms with Crippen molar-refractivity contribution in [2.45, 2.75) is 6.54 Å². The number of furan rings is 1. The molecule has 3 rings (SSSR count). The molecule has 2 heterocycles. The fourth-order valence-electron chi connectivity index (χ4n) is 1.83. The maximum absolute atomic E-state index is 12.0. The molecular weight excluding hydrogens is 292 g/mol. The van der Waals surface area contributed by atoms with Crippen molar-refractivity contribution >= 4 is 17.5 Å². The molecule has 0 radical (unpaired) electrons. The average molecular weight is 303 g/mol. The Hall–Kier alpha value is -2.60. The number of amides is 1. The zero-order chi connectivity index (χ0) is 14.7. The van der Waals surface area contributed by atoms with E-state index in [1.54, 1.807) is 18.2 Å². The molecule has 7 heteroatoms. The van der Waals surface area contributed by atoms with Crippen LogP contribution in [0.1, 0.15) is 16.4 Å². The van der Waals surface area contributed by atoms with Crippen LogP contribution in [-0.2, 0) is 6.54 Å². The highest BCUT2D eigenvalue weighted by Gasteiger charge is 2.13. The van der Waals surface area contributed by atoms with E-state index in [1.807, 2.05) is 18.2 Å². The predicted molar refractivity (Wildman–Crippen MR) is 76.7 cm³/mol. The van der Waals surface area contributed by atoms with Crippen molar-refractivity contribution < 1.29 is 9.21 Å². The van der Waals surface area contributed by atoms with Crippen LogP contribution in [0.4, 0.5) is 0 Å². The van der Waals surface area contributed by atoms with Gasteiger partial charge in [0.25, 0.3) is 5.91 Å². The molecule has 0 bridgehead atoms. The summed E-state index contributed by atoms with van der Waals surface area (Å²) >= 11 is 6.10. The largest absolute Gasteiger partial charge is 0.451 e. The van der Waals surface area contributed by atoms with E-state index >= 15 is 0 Å². The Kier molecular flexibility index (Phi) is 3.70. The van der Waals surface area contributed by atoms with Crippen LogP contribution in [0.3, 0.4) is 0 Å². The molecule has 0 spiro atoms. The van der Waals surface area contributed by atoms with Gasteiger partial charge in [-0.1, -0.05) is 23.7 Å². The van der Waals surface area contributed by atoms with Crippen LogP contribution in [0.15, 0.2) is 47.1 Å². The third kappa shape index (κ3) is 2.95. The maximum Gasteiger partial charge on any atom is 0.287 e. The minimum absolute atomic E-state index is 0.212. The molecule has 1 aromatic carbocycles. The van der Waals surface area contributed by atoms with Gasteiger partial charge in [-0.25, -0.2) is 4.98 Å². The summed E-state index contributed by atoms with van der Waals surface area (Å²) < 4.78 is 5.54. The Morgan fingerprint density at radius 3 is 2.90 bits per heavy atom. The van der Waals surface area contributed by atoms with Crippen molar-refractivity contribution in [1.82, 2.24) is 20.5 Å². The lowest BCUT2D eigenvalue weighted by Gasteiger charge is -2.01. The summed E-state index contributed by atoms with van der Waals surface area (Å²) in [7, 11) is 0. The maximum atomic E-state index is 12.0. The number of halogens is 1. The molecule has 0 aliphatic heterocycles. The second-order valence-electron chi connectivity index (χ2n) is 4.26. The smallest absolute Gasteiger partial charge is 0.287 e. The molecule has 0 saturated carbocycles. The topological polar surface area (TPSA) is 83.8 Å². The van der Waals surface area contributed by atoms with E-state index in [1.165, 1.54) is 6.33 Å². The normalized spacial score (nSPS) is 10.5. The summed E-state index contributed by atoms with van der Waals surface area (Å²) in [4.78, 5) is 15.9. The first-order valence-corrected chi connectivity index (χ1v) is 6.59. The highest BCUT2D eigenvalue weighted by molar-refractivity contribution is 6.33. The molecule has 2 aromatic heterocycles. The van der Waals surface area contributed by atoms with Crippen molar-refractivity contribution in [1.29, 1.82) is 0 Å². The van der Waals surface area contributed by atoms with Gasteiger partial charge in [0.15, 0.2) is 5.76 Å². The fourth-order valence-corrected chi connectivity index (χ4v) is 2.06. The molecule has 0 aliphatic carbocycles. The summed E-state index contributed by atoms with van der Waals surface area (Å²) in [5.74, 6) is 1.00. The number of nitrogens with zero attached hydrogens (tertiary/aromatic N) is 2. The van der Waals surface area contributed by atoms with Gasteiger partial charge in [0.1, 0.15) is 17.9 Å². The van der Waals surface area contributed by atoms with Gasteiger partial charge in [0.05, 0.1) is 11.6 Å². The lowest BCUT2D eigenvalue weighted by molar-refractivity contribution is 0.0923. The lowest BCUT2D eigenvalue weighted by Crippen LogP contribution is -2.22. The van der Waals surface area contributed by atoms with Gasteiger partial charge in [-0.15, -0.1) is 0 Å². The van der Waals surface area contributed by atoms with E-state index in [-0.39, 0.29) is 18.2 Å². The van der Waals surface area contributed by atoms with Crippen LogP contribution in [0, 0.1) is 0 Å². The van der Waals surface area contributed by atoms with Crippen molar-refractivity contribution in [3.8, 4) is 11.3 Å². The molecule has 21 heavy (non-hydrogen) atoms. The number of carbonyl (C=O) groups excluding carboxylic acids is 1. The molecule has 0 aliphatic rings. The minimum atomic E-state index is -0.329. The summed E-state index contributed by atoms with van der Waals surface area (Å²) in [5, 5.41) is 9.61. The zero-order valence-corrected chi connectivity index (χ0v) is 11.6. The summed E-state index contributed by atoms with van der Waals surface area (Å²) in [6.45, 7) is 0.251. The number of hydrogen-bond donors (Lipinski definition) is 2. The van der Waals surface area contributed by atoms with Crippen LogP contribution < -0.4 is 5.32 Å². The van der Waals surface area contributed by atoms with Gasteiger partial charge >= 0.3 is 0 Å². The quantitative estimate of drug-likeness (QED) is 0.776. The molecule has 0 atom stereocenters. The number of rotatable bonds is 4. The first-order valence-electron chi connectivity index (χ1n) is 6.21. The highest BCUT2D eigenvalue weighted by atomic mass is 35.5. The Balaban J connectivity index is 1.73. The number of aromatic amines is 1. The molecular formula is C14H11ClN4O2. The molecule has 0 unspecified atom stereocenters. The molecule has 2 N–H and O–H groups in total. The van der Waals surface area contributed by atoms with Crippen LogP contribution in [0.5, 0.6) is 0 Å². The second kappa shape index (κ2) is 5.80. The predicted octanol–water partition coefficient (Wildman–Crippen LogP) is 2.65. The summed E-state index contributed by atoms with van der Waals surface area (Å²) in [6, 6.07) is 10.6. The molecule has 6 nitrogen and oxygen atoms in total. The van der Waals surface area contributed by atoms with Crippen LogP contribution in [0.25, 0.3) is 11.3 Å². The number of benzene rings is 1. The first-order chi connectivity index (χ1) is 10.2. The Morgan fingerprint density at radius 2 is 2.14 bits per heavy atom. The van der Waals surface area contributed by atoms with Crippen LogP contribution in [-0.4, -0.2) is 21.1 Å². The van der Waals surface area contributed by atoms with Crippen molar-refractivity contribution in [3.05, 3.63) is 59.3 Å². The van der Waals surface area contributed by atoms with Gasteiger partial charge in [-0.3, -0.25) is 9.89 Å². The van der Waals surface area contributed by atoms with Gasteiger partial charge in [-0.2, -0.15) is 5.10 Å². The Morgan fingerprint density at radius 1 is 1.29 bits per heavy atom. The van der Waals surface area contributed by atoms with E-state index in [0.29, 0.717) is 16.6 Å². The van der Waals surface area contributed by atoms with E-state index in [0.717, 1.165) is 5.56 Å². The number of H-pyrrole nitrogens is 1. The lowest BCUT2D eigenvalue weighted by atomic mass is 10.2. The monoisotopic (exact) mass is 302 g/mol. The Bertz CT molecular complexity index is 752. The van der Waals surface area contributed by atoms with Gasteiger partial charge in [0.2, 0.25) is 0 Å². The molecule has 0 fully saturated rings. The van der Waals surface area contributed by atoms with Gasteiger partial charge < -0.3 is 9.73 Å². The fraction of sp³-hybridized carbons (Fsp3) is 0.0714. The van der Waals surface area contributed by atoms with Crippen LogP contribution >= 0.6 is 11.6 Å². The molecule has 3 aromatic rings. The Labute approximate surface area is 125 Å². The van der Waals surface area contributed by atoms with Crippen molar-refractivity contribution in [2.24, 2.45) is 0 Å². The molecule has 1 amide bonds. The third-order valence-electron chi connectivity index (χ3n) is 2.85. The third-order valence-corrected chi connectivity index (χ3v) is 3.18. The van der Waals surface area contributed by atoms with Gasteiger partial charge in [0, 0.05) is 5.56 Å². The van der Waals surface area contributed by atoms with E-state index in [2.05, 4.69) is 20.5 Å². The first kappa shape index (κ1) is 13.4. The average Bonchev–Trinajstić information content (AvgIpc) is 3.17. The summed E-state index contributed by atoms with van der Waals surface area (Å²) in [5.41, 5.74) is 0.744. The minimum Gasteiger partial charge on any atom is -0.451 e. The van der Waals surface area contributed by atoms with Crippen molar-refractivity contribution in [2.75, 3.05) is 0 Å². The van der Waals surface area contributed by atoms with E-state index in [9.17, 15) is 4.79 Å². The summed E-state index contributed by atoms with van der Waals surface area (Å²) in [6.07, 6.45) is 1.38. The number of carbonyl (C=O) groups is 1. The SMILES string of the molecule is O=C(NCc1ncn[nH]1)c1ccc(-c2ccccc2Cl)o1. The highest BCUT2D eigenvalue weighted by Crippen LogP contribution is 2.28. The van der Waals surface area contributed by atoms with Gasteiger partial charge in [-0.05, 0) is 24.3 Å². The molecule has 0 saturated heterocycles. The van der Waals surface area contributed by atoms with E-state index < -0.39 is 0 Å². The number of aromatic nitrogens is 3. The zero-order valence-electron chi connectivity index (χ0n) is 10.8. The molecule has 106 valence electrons. The van der Waals surface area contributed by atoms with Crippen molar-refractivity contribution in [3.63, 3.8) is 0 Å². The number of nitrogens with one attached hydrogen (secondary N) is 2.